The average molecular weight is 904 g/mol. The summed E-state index contributed by atoms with van der Waals surface area (Å²) in [6, 6.07) is 4.65. The Morgan fingerprint density at radius 3 is 1.83 bits per heavy atom. The van der Waals surface area contributed by atoms with Crippen LogP contribution in [0.4, 0.5) is 0 Å². The van der Waals surface area contributed by atoms with Crippen molar-refractivity contribution in [1.29, 1.82) is 0 Å². The van der Waals surface area contributed by atoms with Gasteiger partial charge in [-0.15, -0.1) is 0 Å². The number of guanidine groups is 1. The van der Waals surface area contributed by atoms with Crippen LogP contribution in [-0.2, 0) is 52.8 Å². The number of aromatic hydroxyl groups is 2. The molecule has 22 nitrogen and oxygen atoms in total. The van der Waals surface area contributed by atoms with Gasteiger partial charge in [0.2, 0.25) is 41.4 Å². The third kappa shape index (κ3) is 15.8. The van der Waals surface area contributed by atoms with Crippen LogP contribution in [0.3, 0.4) is 0 Å². The maximum atomic E-state index is 14.5. The molecule has 0 bridgehead atoms. The summed E-state index contributed by atoms with van der Waals surface area (Å²) in [4.78, 5) is 108. The van der Waals surface area contributed by atoms with Crippen LogP contribution in [0.15, 0.2) is 66.0 Å². The van der Waals surface area contributed by atoms with Crippen molar-refractivity contribution in [2.45, 2.75) is 95.0 Å². The molecule has 1 saturated heterocycles. The lowest BCUT2D eigenvalue weighted by Gasteiger charge is -2.30. The number of hydrogen-bond acceptors (Lipinski definition) is 12. The molecule has 6 unspecified atom stereocenters. The van der Waals surface area contributed by atoms with E-state index in [4.69, 9.17) is 17.2 Å². The van der Waals surface area contributed by atoms with Gasteiger partial charge in [0.25, 0.3) is 0 Å². The minimum absolute atomic E-state index is 0.0419. The maximum Gasteiger partial charge on any atom is 0.246 e. The van der Waals surface area contributed by atoms with Crippen LogP contribution in [0.2, 0.25) is 0 Å². The number of carbonyl (C=O) groups is 7. The SMILES string of the molecule is CNCC(=O)NC(CCCN=C(N)N)C(=O)NC(C(=O)NC(Cc1ccc(O)cc1)C(=O)NC(Cc1ccc(O)cc1)C(=O)NC(Cc1cnc[nH]1)C(=O)N1CCCC1C(N)=O)C(C)C. The molecule has 0 aliphatic carbocycles. The van der Waals surface area contributed by atoms with E-state index in [0.29, 0.717) is 36.1 Å². The lowest BCUT2D eigenvalue weighted by molar-refractivity contribution is -0.141. The first kappa shape index (κ1) is 50.4. The summed E-state index contributed by atoms with van der Waals surface area (Å²) in [5.74, 6) is -5.52. The number of H-pyrrole nitrogens is 1. The second-order valence-corrected chi connectivity index (χ2v) is 16.1. The van der Waals surface area contributed by atoms with Crippen LogP contribution >= 0.6 is 0 Å². The van der Waals surface area contributed by atoms with Crippen LogP contribution in [-0.4, -0.2) is 135 Å². The molecular weight excluding hydrogens is 843 g/mol. The Hall–Kier alpha value is -7.23. The van der Waals surface area contributed by atoms with E-state index in [1.165, 1.54) is 41.7 Å². The number of rotatable bonds is 24. The molecule has 0 radical (unpaired) electrons. The molecule has 2 heterocycles. The van der Waals surface area contributed by atoms with E-state index in [1.54, 1.807) is 45.2 Å². The Kier molecular flexibility index (Phi) is 19.1. The first-order valence-electron chi connectivity index (χ1n) is 21.3. The highest BCUT2D eigenvalue weighted by Crippen LogP contribution is 2.20. The van der Waals surface area contributed by atoms with E-state index < -0.39 is 83.5 Å². The monoisotopic (exact) mass is 903 g/mol. The number of nitrogens with zero attached hydrogens (tertiary/aromatic N) is 3. The molecule has 22 heteroatoms. The molecule has 1 aromatic heterocycles. The number of primary amides is 1. The zero-order chi connectivity index (χ0) is 47.6. The largest absolute Gasteiger partial charge is 0.508 e. The molecule has 4 rings (SSSR count). The number of benzene rings is 2. The number of hydrogen-bond donors (Lipinski definition) is 12. The van der Waals surface area contributed by atoms with Gasteiger partial charge < -0.3 is 69.2 Å². The number of aliphatic imine (C=N–C) groups is 1. The van der Waals surface area contributed by atoms with Crippen molar-refractivity contribution < 1.29 is 43.8 Å². The molecule has 352 valence electrons. The summed E-state index contributed by atoms with van der Waals surface area (Å²) < 4.78 is 0. The summed E-state index contributed by atoms with van der Waals surface area (Å²) in [5.41, 5.74) is 18.0. The Bertz CT molecular complexity index is 2110. The Labute approximate surface area is 376 Å². The van der Waals surface area contributed by atoms with Gasteiger partial charge in [-0.1, -0.05) is 38.1 Å². The Morgan fingerprint density at radius 2 is 1.32 bits per heavy atom. The zero-order valence-electron chi connectivity index (χ0n) is 36.7. The van der Waals surface area contributed by atoms with E-state index in [-0.39, 0.29) is 62.8 Å². The standard InChI is InChI=1S/C43H61N13O9/c1-24(2)36(55-38(61)30(51-35(59)22-47-3)6-4-16-49-43(45)46)41(64)53-32(19-26-10-14-29(58)15-11-26)39(62)52-31(18-25-8-12-28(57)13-9-25)40(63)54-33(20-27-21-48-23-50-27)42(65)56-17-5-7-34(56)37(44)60/h8-15,21,23-24,30-34,36,47,57-58H,4-7,16-20,22H2,1-3H3,(H2,44,60)(H,48,50)(H,51,59)(H,52,62)(H,53,64)(H,54,63)(H,55,61)(H4,45,46,49). The molecule has 2 aromatic carbocycles. The first-order chi connectivity index (χ1) is 30.9. The predicted molar refractivity (Wildman–Crippen MR) is 238 cm³/mol. The van der Waals surface area contributed by atoms with Crippen molar-refractivity contribution in [1.82, 2.24) is 46.8 Å². The number of imidazole rings is 1. The molecular formula is C43H61N13O9. The van der Waals surface area contributed by atoms with Crippen molar-refractivity contribution in [3.63, 3.8) is 0 Å². The lowest BCUT2D eigenvalue weighted by atomic mass is 9.99. The number of likely N-dealkylation sites (N-methyl/N-ethyl adjacent to an activating group) is 1. The molecule has 3 aromatic rings. The van der Waals surface area contributed by atoms with Gasteiger partial charge in [0.05, 0.1) is 12.9 Å². The average Bonchev–Trinajstić information content (AvgIpc) is 3.97. The number of aromatic nitrogens is 2. The summed E-state index contributed by atoms with van der Waals surface area (Å²) in [6.07, 6.45) is 3.88. The fraction of sp³-hybridized carbons (Fsp3) is 0.465. The van der Waals surface area contributed by atoms with Crippen molar-refractivity contribution in [2.75, 3.05) is 26.7 Å². The fourth-order valence-electron chi connectivity index (χ4n) is 7.27. The van der Waals surface area contributed by atoms with Crippen LogP contribution in [0.25, 0.3) is 0 Å². The summed E-state index contributed by atoms with van der Waals surface area (Å²) >= 11 is 0. The second kappa shape index (κ2) is 24.6. The van der Waals surface area contributed by atoms with Gasteiger partial charge in [-0.2, -0.15) is 0 Å². The third-order valence-electron chi connectivity index (χ3n) is 10.7. The number of amides is 7. The molecule has 1 aliphatic rings. The molecule has 6 atom stereocenters. The number of phenols is 2. The molecule has 7 amide bonds. The molecule has 15 N–H and O–H groups in total. The number of phenolic OH excluding ortho intramolecular Hbond substituents is 2. The van der Waals surface area contributed by atoms with Crippen LogP contribution < -0.4 is 49.1 Å². The van der Waals surface area contributed by atoms with Crippen molar-refractivity contribution in [2.24, 2.45) is 28.1 Å². The van der Waals surface area contributed by atoms with E-state index >= 15 is 0 Å². The van der Waals surface area contributed by atoms with E-state index in [1.807, 2.05) is 0 Å². The Balaban J connectivity index is 1.64. The van der Waals surface area contributed by atoms with Gasteiger partial charge in [-0.05, 0) is 74.0 Å². The van der Waals surface area contributed by atoms with Gasteiger partial charge in [0.15, 0.2) is 5.96 Å². The normalized spacial score (nSPS) is 15.7. The van der Waals surface area contributed by atoms with Gasteiger partial charge >= 0.3 is 0 Å². The molecule has 65 heavy (non-hydrogen) atoms. The highest BCUT2D eigenvalue weighted by molar-refractivity contribution is 5.97. The topological polar surface area (TPSA) is 354 Å². The fourth-order valence-corrected chi connectivity index (χ4v) is 7.27. The number of carbonyl (C=O) groups excluding carboxylic acids is 7. The highest BCUT2D eigenvalue weighted by atomic mass is 16.3. The number of aromatic amines is 1. The zero-order valence-corrected chi connectivity index (χ0v) is 36.7. The summed E-state index contributed by atoms with van der Waals surface area (Å²) in [6.45, 7) is 3.69. The number of nitrogens with two attached hydrogens (primary N) is 3. The summed E-state index contributed by atoms with van der Waals surface area (Å²) in [5, 5.41) is 36.3. The highest BCUT2D eigenvalue weighted by Gasteiger charge is 2.39. The van der Waals surface area contributed by atoms with Gasteiger partial charge in [-0.25, -0.2) is 4.98 Å². The van der Waals surface area contributed by atoms with Crippen LogP contribution in [0, 0.1) is 5.92 Å². The minimum atomic E-state index is -1.38. The van der Waals surface area contributed by atoms with Gasteiger partial charge in [0.1, 0.15) is 47.8 Å². The lowest BCUT2D eigenvalue weighted by Crippen LogP contribution is -2.61. The third-order valence-corrected chi connectivity index (χ3v) is 10.7. The molecule has 0 saturated carbocycles. The predicted octanol–water partition coefficient (Wildman–Crippen LogP) is -2.32. The van der Waals surface area contributed by atoms with E-state index in [2.05, 4.69) is 46.9 Å². The van der Waals surface area contributed by atoms with Gasteiger partial charge in [-0.3, -0.25) is 38.6 Å². The maximum absolute atomic E-state index is 14.5. The molecule has 1 fully saturated rings. The minimum Gasteiger partial charge on any atom is -0.508 e. The quantitative estimate of drug-likeness (QED) is 0.0256. The van der Waals surface area contributed by atoms with Crippen LogP contribution in [0.5, 0.6) is 11.5 Å². The first-order valence-corrected chi connectivity index (χ1v) is 21.3. The summed E-state index contributed by atoms with van der Waals surface area (Å²) in [7, 11) is 1.57. The van der Waals surface area contributed by atoms with E-state index in [9.17, 15) is 43.8 Å². The molecule has 1 aliphatic heterocycles. The van der Waals surface area contributed by atoms with Crippen molar-refractivity contribution in [3.8, 4) is 11.5 Å². The smallest absolute Gasteiger partial charge is 0.246 e. The second-order valence-electron chi connectivity index (χ2n) is 16.1. The Morgan fingerprint density at radius 1 is 0.769 bits per heavy atom. The van der Waals surface area contributed by atoms with Gasteiger partial charge in [0, 0.05) is 44.2 Å². The number of nitrogens with one attached hydrogen (secondary N) is 7. The van der Waals surface area contributed by atoms with Crippen molar-refractivity contribution in [3.05, 3.63) is 77.9 Å². The van der Waals surface area contributed by atoms with Crippen LogP contribution in [0.1, 0.15) is 56.4 Å². The van der Waals surface area contributed by atoms with Crippen molar-refractivity contribution >= 4 is 47.3 Å². The molecule has 0 spiro atoms. The van der Waals surface area contributed by atoms with E-state index in [0.717, 1.165) is 0 Å². The number of likely N-dealkylation sites (tertiary alicyclic amines) is 1.